The molecule has 134 valence electrons. The molecule has 1 atom stereocenters. The molecule has 0 amide bonds. The number of hydrogen-bond donors (Lipinski definition) is 2. The maximum absolute atomic E-state index is 9.92. The zero-order chi connectivity index (χ0) is 15.4. The molecule has 1 saturated heterocycles. The lowest BCUT2D eigenvalue weighted by Gasteiger charge is -2.36. The van der Waals surface area contributed by atoms with Crippen LogP contribution < -0.4 is 5.32 Å². The largest absolute Gasteiger partial charge is 0.506 e. The van der Waals surface area contributed by atoms with Crippen LogP contribution in [0, 0.1) is 5.92 Å². The molecule has 0 radical (unpaired) electrons. The number of nitrogens with zero attached hydrogens (tertiary/aromatic N) is 1. The molecule has 1 aliphatic heterocycles. The SMILES string of the molecule is CC(C)CC[C@@H](c1cc(Br)c(O)c(Br)c1)N1CCNCC1.Cl.Cl. The minimum absolute atomic E-state index is 0. The molecule has 1 aromatic carbocycles. The van der Waals surface area contributed by atoms with Gasteiger partial charge in [-0.15, -0.1) is 24.8 Å². The van der Waals surface area contributed by atoms with Gasteiger partial charge >= 0.3 is 0 Å². The number of rotatable bonds is 5. The van der Waals surface area contributed by atoms with Gasteiger partial charge in [0.1, 0.15) is 5.75 Å². The van der Waals surface area contributed by atoms with E-state index >= 15 is 0 Å². The lowest BCUT2D eigenvalue weighted by atomic mass is 9.95. The third kappa shape index (κ3) is 6.71. The normalized spacial score (nSPS) is 16.6. The summed E-state index contributed by atoms with van der Waals surface area (Å²) in [6, 6.07) is 4.54. The van der Waals surface area contributed by atoms with Gasteiger partial charge in [-0.3, -0.25) is 4.90 Å². The van der Waals surface area contributed by atoms with Crippen molar-refractivity contribution in [1.82, 2.24) is 10.2 Å². The minimum Gasteiger partial charge on any atom is -0.506 e. The van der Waals surface area contributed by atoms with Crippen LogP contribution in [-0.4, -0.2) is 36.2 Å². The number of nitrogens with one attached hydrogen (secondary N) is 1. The topological polar surface area (TPSA) is 35.5 Å². The molecule has 1 heterocycles. The summed E-state index contributed by atoms with van der Waals surface area (Å²) in [5.74, 6) is 0.987. The average Bonchev–Trinajstić information content (AvgIpc) is 2.45. The van der Waals surface area contributed by atoms with E-state index in [4.69, 9.17) is 0 Å². The fourth-order valence-electron chi connectivity index (χ4n) is 2.82. The summed E-state index contributed by atoms with van der Waals surface area (Å²) in [6.45, 7) is 8.82. The van der Waals surface area contributed by atoms with Crippen molar-refractivity contribution >= 4 is 56.7 Å². The predicted molar refractivity (Wildman–Crippen MR) is 109 cm³/mol. The highest BCUT2D eigenvalue weighted by molar-refractivity contribution is 9.11. The number of aromatic hydroxyl groups is 1. The second-order valence-corrected chi connectivity index (χ2v) is 7.81. The van der Waals surface area contributed by atoms with Gasteiger partial charge in [-0.2, -0.15) is 0 Å². The van der Waals surface area contributed by atoms with E-state index in [1.807, 2.05) is 0 Å². The van der Waals surface area contributed by atoms with Gasteiger partial charge in [0.15, 0.2) is 0 Å². The van der Waals surface area contributed by atoms with Gasteiger partial charge in [-0.25, -0.2) is 0 Å². The second kappa shape index (κ2) is 11.2. The summed E-state index contributed by atoms with van der Waals surface area (Å²) >= 11 is 6.92. The molecule has 1 fully saturated rings. The Morgan fingerprint density at radius 2 is 1.61 bits per heavy atom. The first-order chi connectivity index (χ1) is 9.99. The van der Waals surface area contributed by atoms with Crippen molar-refractivity contribution in [3.8, 4) is 5.75 Å². The van der Waals surface area contributed by atoms with Crippen molar-refractivity contribution in [3.05, 3.63) is 26.6 Å². The first-order valence-electron chi connectivity index (χ1n) is 7.61. The van der Waals surface area contributed by atoms with Crippen LogP contribution in [-0.2, 0) is 0 Å². The van der Waals surface area contributed by atoms with Crippen molar-refractivity contribution in [2.45, 2.75) is 32.7 Å². The van der Waals surface area contributed by atoms with E-state index in [-0.39, 0.29) is 30.6 Å². The van der Waals surface area contributed by atoms with Crippen molar-refractivity contribution in [2.24, 2.45) is 5.92 Å². The number of benzene rings is 1. The first-order valence-corrected chi connectivity index (χ1v) is 9.20. The van der Waals surface area contributed by atoms with E-state index in [1.165, 1.54) is 12.0 Å². The molecule has 1 aliphatic rings. The van der Waals surface area contributed by atoms with E-state index in [1.54, 1.807) is 0 Å². The third-order valence-corrected chi connectivity index (χ3v) is 5.24. The summed E-state index contributed by atoms with van der Waals surface area (Å²) in [4.78, 5) is 2.56. The fourth-order valence-corrected chi connectivity index (χ4v) is 4.04. The molecular formula is C16H26Br2Cl2N2O. The quantitative estimate of drug-likeness (QED) is 0.597. The van der Waals surface area contributed by atoms with Gasteiger partial charge < -0.3 is 10.4 Å². The Morgan fingerprint density at radius 1 is 1.09 bits per heavy atom. The maximum atomic E-state index is 9.92. The Bertz CT molecular complexity index is 460. The highest BCUT2D eigenvalue weighted by Crippen LogP contribution is 2.38. The molecule has 0 saturated carbocycles. The molecule has 0 bridgehead atoms. The minimum atomic E-state index is 0. The second-order valence-electron chi connectivity index (χ2n) is 6.11. The van der Waals surface area contributed by atoms with Crippen LogP contribution in [0.15, 0.2) is 21.1 Å². The van der Waals surface area contributed by atoms with E-state index in [9.17, 15) is 5.11 Å². The Morgan fingerprint density at radius 3 is 2.09 bits per heavy atom. The van der Waals surface area contributed by atoms with Crippen LogP contribution in [0.3, 0.4) is 0 Å². The lowest BCUT2D eigenvalue weighted by Crippen LogP contribution is -2.45. The Hall–Kier alpha value is 0.480. The number of halogens is 4. The summed E-state index contributed by atoms with van der Waals surface area (Å²) in [5, 5.41) is 13.3. The lowest BCUT2D eigenvalue weighted by molar-refractivity contribution is 0.159. The molecule has 0 unspecified atom stereocenters. The number of phenols is 1. The van der Waals surface area contributed by atoms with Crippen LogP contribution in [0.2, 0.25) is 0 Å². The first kappa shape index (κ1) is 23.5. The Labute approximate surface area is 168 Å². The summed E-state index contributed by atoms with van der Waals surface area (Å²) in [5.41, 5.74) is 1.27. The summed E-state index contributed by atoms with van der Waals surface area (Å²) in [7, 11) is 0. The zero-order valence-corrected chi connectivity index (χ0v) is 18.3. The van der Waals surface area contributed by atoms with E-state index in [0.717, 1.165) is 41.5 Å². The molecule has 0 spiro atoms. The molecule has 3 nitrogen and oxygen atoms in total. The van der Waals surface area contributed by atoms with E-state index in [2.05, 4.69) is 68.1 Å². The molecule has 2 rings (SSSR count). The number of phenolic OH excluding ortho intramolecular Hbond substituents is 1. The van der Waals surface area contributed by atoms with E-state index < -0.39 is 0 Å². The molecule has 2 N–H and O–H groups in total. The van der Waals surface area contributed by atoms with Gasteiger partial charge in [0.05, 0.1) is 8.95 Å². The number of hydrogen-bond acceptors (Lipinski definition) is 3. The summed E-state index contributed by atoms with van der Waals surface area (Å²) in [6.07, 6.45) is 2.37. The average molecular weight is 493 g/mol. The highest BCUT2D eigenvalue weighted by Gasteiger charge is 2.23. The molecule has 1 aromatic rings. The zero-order valence-electron chi connectivity index (χ0n) is 13.5. The van der Waals surface area contributed by atoms with Gasteiger partial charge in [0.2, 0.25) is 0 Å². The van der Waals surface area contributed by atoms with Crippen molar-refractivity contribution in [3.63, 3.8) is 0 Å². The molecule has 23 heavy (non-hydrogen) atoms. The monoisotopic (exact) mass is 490 g/mol. The van der Waals surface area contributed by atoms with Crippen LogP contribution in [0.25, 0.3) is 0 Å². The fraction of sp³-hybridized carbons (Fsp3) is 0.625. The van der Waals surface area contributed by atoms with Crippen LogP contribution in [0.1, 0.15) is 38.3 Å². The van der Waals surface area contributed by atoms with Crippen LogP contribution in [0.4, 0.5) is 0 Å². The van der Waals surface area contributed by atoms with Gasteiger partial charge in [-0.1, -0.05) is 13.8 Å². The van der Waals surface area contributed by atoms with Crippen molar-refractivity contribution < 1.29 is 5.11 Å². The third-order valence-electron chi connectivity index (χ3n) is 4.03. The standard InChI is InChI=1S/C16H24Br2N2O.2ClH/c1-11(2)3-4-15(20-7-5-19-6-8-20)12-9-13(17)16(21)14(18)10-12;;/h9-11,15,19,21H,3-8H2,1-2H3;2*1H/t15-;;/m0../s1. The maximum Gasteiger partial charge on any atom is 0.143 e. The van der Waals surface area contributed by atoms with Crippen LogP contribution >= 0.6 is 56.7 Å². The number of piperazine rings is 1. The van der Waals surface area contributed by atoms with Gasteiger partial charge in [-0.05, 0) is 68.3 Å². The predicted octanol–water partition coefficient (Wildman–Crippen LogP) is 5.14. The molecule has 7 heteroatoms. The molecule has 0 aromatic heterocycles. The Balaban J connectivity index is 0.00000242. The Kier molecular flexibility index (Phi) is 11.4. The van der Waals surface area contributed by atoms with Crippen LogP contribution in [0.5, 0.6) is 5.75 Å². The highest BCUT2D eigenvalue weighted by atomic mass is 79.9. The molecule has 0 aliphatic carbocycles. The van der Waals surface area contributed by atoms with Crippen molar-refractivity contribution in [1.29, 1.82) is 0 Å². The van der Waals surface area contributed by atoms with Gasteiger partial charge in [0, 0.05) is 32.2 Å². The van der Waals surface area contributed by atoms with E-state index in [0.29, 0.717) is 12.0 Å². The summed E-state index contributed by atoms with van der Waals surface area (Å²) < 4.78 is 1.52. The van der Waals surface area contributed by atoms with Gasteiger partial charge in [0.25, 0.3) is 0 Å². The molecular weight excluding hydrogens is 467 g/mol. The smallest absolute Gasteiger partial charge is 0.143 e. The van der Waals surface area contributed by atoms with Crippen molar-refractivity contribution in [2.75, 3.05) is 26.2 Å².